The number of likely N-dealkylation sites (N-methyl/N-ethyl adjacent to an activating group) is 3. The van der Waals surface area contributed by atoms with Crippen LogP contribution in [0.5, 0.6) is 17.2 Å². The molecule has 3 aromatic rings. The van der Waals surface area contributed by atoms with Crippen LogP contribution in [0, 0.1) is 0 Å². The Morgan fingerprint density at radius 1 is 0.432 bits per heavy atom. The summed E-state index contributed by atoms with van der Waals surface area (Å²) in [7, 11) is 6.25. The van der Waals surface area contributed by atoms with Gasteiger partial charge in [-0.1, -0.05) is 54.6 Å². The van der Waals surface area contributed by atoms with Crippen molar-refractivity contribution < 1.29 is 15.3 Å². The molecule has 0 fully saturated rings. The van der Waals surface area contributed by atoms with E-state index in [1.165, 1.54) is 0 Å². The molecule has 7 nitrogen and oxygen atoms in total. The molecule has 0 saturated carbocycles. The first-order valence-corrected chi connectivity index (χ1v) is 12.9. The first kappa shape index (κ1) is 28.5. The molecule has 200 valence electrons. The molecule has 0 unspecified atom stereocenters. The fourth-order valence-corrected chi connectivity index (χ4v) is 4.31. The Hall–Kier alpha value is -3.10. The molecule has 3 rings (SSSR count). The summed E-state index contributed by atoms with van der Waals surface area (Å²) in [6.07, 6.45) is 0. The van der Waals surface area contributed by atoms with Crippen LogP contribution in [-0.4, -0.2) is 95.3 Å². The van der Waals surface area contributed by atoms with Gasteiger partial charge in [-0.05, 0) is 39.3 Å². The lowest BCUT2D eigenvalue weighted by molar-refractivity contribution is 0.173. The number of nitrogens with zero attached hydrogens (tertiary/aromatic N) is 4. The van der Waals surface area contributed by atoms with Crippen molar-refractivity contribution >= 4 is 0 Å². The number of aromatic hydroxyl groups is 3. The average molecular weight is 507 g/mol. The first-order chi connectivity index (χ1) is 17.8. The molecule has 7 heteroatoms. The van der Waals surface area contributed by atoms with Crippen LogP contribution >= 0.6 is 0 Å². The van der Waals surface area contributed by atoms with Crippen LogP contribution in [-0.2, 0) is 19.6 Å². The normalized spacial score (nSPS) is 11.8. The zero-order valence-corrected chi connectivity index (χ0v) is 22.4. The maximum Gasteiger partial charge on any atom is 0.120 e. The van der Waals surface area contributed by atoms with E-state index in [1.54, 1.807) is 18.2 Å². The largest absolute Gasteiger partial charge is 0.508 e. The Bertz CT molecular complexity index is 957. The number of hydrogen-bond acceptors (Lipinski definition) is 7. The highest BCUT2D eigenvalue weighted by Crippen LogP contribution is 2.19. The number of phenolic OH excluding ortho intramolecular Hbond substituents is 3. The lowest BCUT2D eigenvalue weighted by atomic mass is 10.2. The molecule has 0 atom stereocenters. The van der Waals surface area contributed by atoms with Crippen molar-refractivity contribution in [3.05, 3.63) is 89.5 Å². The van der Waals surface area contributed by atoms with Gasteiger partial charge in [-0.3, -0.25) is 4.90 Å². The Labute approximate surface area is 221 Å². The van der Waals surface area contributed by atoms with Crippen molar-refractivity contribution in [2.75, 3.05) is 60.4 Å². The molecule has 0 aliphatic rings. The monoisotopic (exact) mass is 506 g/mol. The molecule has 0 saturated heterocycles. The molecule has 0 bridgehead atoms. The van der Waals surface area contributed by atoms with Gasteiger partial charge in [0.05, 0.1) is 0 Å². The van der Waals surface area contributed by atoms with Crippen molar-refractivity contribution in [3.8, 4) is 17.2 Å². The summed E-state index contributed by atoms with van der Waals surface area (Å²) in [6.45, 7) is 7.42. The zero-order chi connectivity index (χ0) is 26.6. The topological polar surface area (TPSA) is 73.7 Å². The molecule has 0 spiro atoms. The third-order valence-electron chi connectivity index (χ3n) is 6.69. The fraction of sp³-hybridized carbons (Fsp3) is 0.400. The molecule has 0 heterocycles. The maximum absolute atomic E-state index is 10.1. The van der Waals surface area contributed by atoms with E-state index in [9.17, 15) is 15.3 Å². The van der Waals surface area contributed by atoms with Crippen molar-refractivity contribution in [1.29, 1.82) is 0 Å². The van der Waals surface area contributed by atoms with Crippen LogP contribution in [0.2, 0.25) is 0 Å². The summed E-state index contributed by atoms with van der Waals surface area (Å²) >= 11 is 0. The van der Waals surface area contributed by atoms with Gasteiger partial charge in [0.2, 0.25) is 0 Å². The highest BCUT2D eigenvalue weighted by molar-refractivity contribution is 5.33. The van der Waals surface area contributed by atoms with Crippen LogP contribution in [0.3, 0.4) is 0 Å². The number of hydrogen-bond donors (Lipinski definition) is 3. The van der Waals surface area contributed by atoms with E-state index in [2.05, 4.69) is 40.7 Å². The van der Waals surface area contributed by atoms with Crippen LogP contribution in [0.4, 0.5) is 0 Å². The Kier molecular flexibility index (Phi) is 11.2. The minimum atomic E-state index is 0.336. The van der Waals surface area contributed by atoms with Crippen LogP contribution < -0.4 is 0 Å². The standard InChI is InChI=1S/C30H42N4O3/c1-31(22-25-10-4-7-13-28(25)35)16-19-34(20-17-32(2)23-26-11-5-8-14-29(26)36)21-18-33(3)24-27-12-6-9-15-30(27)37/h4-15,35-37H,16-24H2,1-3H3. The van der Waals surface area contributed by atoms with Gasteiger partial charge < -0.3 is 30.0 Å². The highest BCUT2D eigenvalue weighted by Gasteiger charge is 2.13. The van der Waals surface area contributed by atoms with Gasteiger partial charge >= 0.3 is 0 Å². The van der Waals surface area contributed by atoms with E-state index in [0.717, 1.165) is 56.0 Å². The predicted molar refractivity (Wildman–Crippen MR) is 150 cm³/mol. The van der Waals surface area contributed by atoms with Crippen LogP contribution in [0.1, 0.15) is 16.7 Å². The Morgan fingerprint density at radius 3 is 0.973 bits per heavy atom. The second-order valence-corrected chi connectivity index (χ2v) is 9.94. The quantitative estimate of drug-likeness (QED) is 0.290. The maximum atomic E-state index is 10.1. The Balaban J connectivity index is 1.54. The second-order valence-electron chi connectivity index (χ2n) is 9.94. The smallest absolute Gasteiger partial charge is 0.120 e. The Morgan fingerprint density at radius 2 is 0.703 bits per heavy atom. The molecule has 37 heavy (non-hydrogen) atoms. The van der Waals surface area contributed by atoms with Gasteiger partial charge in [0.25, 0.3) is 0 Å². The predicted octanol–water partition coefficient (Wildman–Crippen LogP) is 3.80. The van der Waals surface area contributed by atoms with Crippen molar-refractivity contribution in [2.45, 2.75) is 19.6 Å². The van der Waals surface area contributed by atoms with Gasteiger partial charge in [-0.15, -0.1) is 0 Å². The van der Waals surface area contributed by atoms with E-state index in [0.29, 0.717) is 36.9 Å². The fourth-order valence-electron chi connectivity index (χ4n) is 4.31. The van der Waals surface area contributed by atoms with E-state index in [4.69, 9.17) is 0 Å². The van der Waals surface area contributed by atoms with Crippen LogP contribution in [0.15, 0.2) is 72.8 Å². The average Bonchev–Trinajstić information content (AvgIpc) is 2.87. The molecular formula is C30H42N4O3. The number of para-hydroxylation sites is 3. The zero-order valence-electron chi connectivity index (χ0n) is 22.4. The van der Waals surface area contributed by atoms with E-state index in [1.807, 2.05) is 54.6 Å². The third-order valence-corrected chi connectivity index (χ3v) is 6.69. The summed E-state index contributed by atoms with van der Waals surface area (Å²) in [5, 5.41) is 30.4. The molecule has 0 aromatic heterocycles. The van der Waals surface area contributed by atoms with Crippen molar-refractivity contribution in [3.63, 3.8) is 0 Å². The number of phenols is 3. The summed E-state index contributed by atoms with van der Waals surface area (Å²) in [5.74, 6) is 1.01. The van der Waals surface area contributed by atoms with E-state index < -0.39 is 0 Å². The lowest BCUT2D eigenvalue weighted by Gasteiger charge is -2.29. The molecule has 0 amide bonds. The van der Waals surface area contributed by atoms with Gasteiger partial charge in [0.1, 0.15) is 17.2 Å². The number of benzene rings is 3. The highest BCUT2D eigenvalue weighted by atomic mass is 16.3. The van der Waals surface area contributed by atoms with Crippen molar-refractivity contribution in [2.24, 2.45) is 0 Å². The van der Waals surface area contributed by atoms with Crippen LogP contribution in [0.25, 0.3) is 0 Å². The molecule has 3 N–H and O–H groups in total. The number of rotatable bonds is 15. The minimum Gasteiger partial charge on any atom is -0.508 e. The van der Waals surface area contributed by atoms with E-state index in [-0.39, 0.29) is 0 Å². The first-order valence-electron chi connectivity index (χ1n) is 12.9. The van der Waals surface area contributed by atoms with Crippen molar-refractivity contribution in [1.82, 2.24) is 19.6 Å². The summed E-state index contributed by atoms with van der Waals surface area (Å²) in [4.78, 5) is 9.17. The molecule has 0 aliphatic carbocycles. The van der Waals surface area contributed by atoms with Gasteiger partial charge in [0, 0.05) is 75.6 Å². The van der Waals surface area contributed by atoms with Gasteiger partial charge in [-0.25, -0.2) is 0 Å². The summed E-state index contributed by atoms with van der Waals surface area (Å²) in [6, 6.07) is 22.5. The molecule has 3 aromatic carbocycles. The van der Waals surface area contributed by atoms with Gasteiger partial charge in [-0.2, -0.15) is 0 Å². The second kappa shape index (κ2) is 14.6. The third kappa shape index (κ3) is 9.70. The molecular weight excluding hydrogens is 464 g/mol. The minimum absolute atomic E-state index is 0.336. The molecule has 0 aliphatic heterocycles. The van der Waals surface area contributed by atoms with E-state index >= 15 is 0 Å². The lowest BCUT2D eigenvalue weighted by Crippen LogP contribution is -2.41. The van der Waals surface area contributed by atoms with Gasteiger partial charge in [0.15, 0.2) is 0 Å². The molecule has 0 radical (unpaired) electrons. The summed E-state index contributed by atoms with van der Waals surface area (Å²) in [5.41, 5.74) is 2.80. The summed E-state index contributed by atoms with van der Waals surface area (Å²) < 4.78 is 0. The SMILES string of the molecule is CN(CCN(CCN(C)Cc1ccccc1O)CCN(C)Cc1ccccc1O)Cc1ccccc1O.